The highest BCUT2D eigenvalue weighted by molar-refractivity contribution is 6.20. The number of rotatable bonds is 3. The van der Waals surface area contributed by atoms with E-state index in [2.05, 4.69) is 173 Å². The number of hydrogen-bond donors (Lipinski definition) is 0. The first-order chi connectivity index (χ1) is 26.3. The van der Waals surface area contributed by atoms with Gasteiger partial charge in [-0.05, 0) is 71.4 Å². The minimum absolute atomic E-state index is 0.627. The second-order valence-electron chi connectivity index (χ2n) is 13.8. The van der Waals surface area contributed by atoms with Gasteiger partial charge in [-0.2, -0.15) is 0 Å². The van der Waals surface area contributed by atoms with Crippen molar-refractivity contribution in [1.29, 1.82) is 0 Å². The molecular weight excluding hydrogens is 649 g/mol. The lowest BCUT2D eigenvalue weighted by atomic mass is 10.0. The fourth-order valence-corrected chi connectivity index (χ4v) is 8.58. The lowest BCUT2D eigenvalue weighted by Crippen LogP contribution is -2.03. The first kappa shape index (κ1) is 28.5. The average Bonchev–Trinajstić information content (AvgIpc) is 3.87. The summed E-state index contributed by atoms with van der Waals surface area (Å²) < 4.78 is 11.1. The molecule has 0 N–H and O–H groups in total. The molecule has 0 aliphatic carbocycles. The van der Waals surface area contributed by atoms with Crippen LogP contribution in [0.4, 0.5) is 0 Å². The van der Waals surface area contributed by atoms with Crippen LogP contribution in [0.3, 0.4) is 0 Å². The Morgan fingerprint density at radius 1 is 0.396 bits per heavy atom. The van der Waals surface area contributed by atoms with E-state index in [-0.39, 0.29) is 0 Å². The molecule has 5 heteroatoms. The maximum Gasteiger partial charge on any atom is 0.235 e. The molecule has 5 nitrogen and oxygen atoms in total. The molecule has 4 aromatic heterocycles. The smallest absolute Gasteiger partial charge is 0.235 e. The van der Waals surface area contributed by atoms with Gasteiger partial charge in [0.2, 0.25) is 5.95 Å². The summed E-state index contributed by atoms with van der Waals surface area (Å²) in [6.45, 7) is 0. The molecule has 0 amide bonds. The van der Waals surface area contributed by atoms with Crippen molar-refractivity contribution in [1.82, 2.24) is 19.1 Å². The Bertz CT molecular complexity index is 3460. The molecule has 0 fully saturated rings. The van der Waals surface area contributed by atoms with Gasteiger partial charge in [0.15, 0.2) is 0 Å². The van der Waals surface area contributed by atoms with Crippen LogP contribution in [0.2, 0.25) is 0 Å². The third-order valence-electron chi connectivity index (χ3n) is 10.9. The number of nitrogens with zero attached hydrogens (tertiary/aromatic N) is 4. The van der Waals surface area contributed by atoms with Crippen LogP contribution >= 0.6 is 0 Å². The summed E-state index contributed by atoms with van der Waals surface area (Å²) in [4.78, 5) is 10.7. The zero-order valence-corrected chi connectivity index (χ0v) is 28.4. The van der Waals surface area contributed by atoms with Gasteiger partial charge in [-0.15, -0.1) is 0 Å². The Morgan fingerprint density at radius 3 is 1.87 bits per heavy atom. The Labute approximate surface area is 302 Å². The van der Waals surface area contributed by atoms with Crippen molar-refractivity contribution in [2.75, 3.05) is 0 Å². The summed E-state index contributed by atoms with van der Waals surface area (Å²) in [5.41, 5.74) is 10.0. The van der Waals surface area contributed by atoms with E-state index in [0.29, 0.717) is 5.95 Å². The highest BCUT2D eigenvalue weighted by Gasteiger charge is 2.21. The van der Waals surface area contributed by atoms with Gasteiger partial charge in [0.1, 0.15) is 11.2 Å². The molecule has 12 rings (SSSR count). The number of aromatic nitrogens is 4. The van der Waals surface area contributed by atoms with Crippen molar-refractivity contribution in [3.63, 3.8) is 0 Å². The van der Waals surface area contributed by atoms with Crippen LogP contribution < -0.4 is 0 Å². The van der Waals surface area contributed by atoms with Crippen LogP contribution in [0.5, 0.6) is 0 Å². The molecule has 0 saturated heterocycles. The van der Waals surface area contributed by atoms with E-state index in [0.717, 1.165) is 71.7 Å². The van der Waals surface area contributed by atoms with Crippen molar-refractivity contribution >= 4 is 87.2 Å². The Balaban J connectivity index is 1.15. The van der Waals surface area contributed by atoms with E-state index in [9.17, 15) is 0 Å². The molecule has 0 radical (unpaired) electrons. The van der Waals surface area contributed by atoms with Gasteiger partial charge in [0, 0.05) is 49.0 Å². The Hall–Kier alpha value is -7.24. The number of para-hydroxylation sites is 4. The van der Waals surface area contributed by atoms with Crippen molar-refractivity contribution in [3.05, 3.63) is 170 Å². The standard InChI is InChI=1S/C48H28N4O/c1-2-13-31(14-3-1)51-40-20-10-7-16-33(40)37-27-38-34-17-8-11-21-41(34)52(43(38)28-42(37)51)48-49-39-19-9-6-18-35(39)47(50-48)30-22-24-36-45(26-30)53-44-25-23-29-12-4-5-15-32(29)46(36)44/h1-28H. The molecule has 0 aliphatic heterocycles. The third-order valence-corrected chi connectivity index (χ3v) is 10.9. The van der Waals surface area contributed by atoms with Crippen LogP contribution in [0.25, 0.3) is 110 Å². The molecule has 0 atom stereocenters. The quantitative estimate of drug-likeness (QED) is 0.187. The van der Waals surface area contributed by atoms with Crippen molar-refractivity contribution in [3.8, 4) is 22.9 Å². The third kappa shape index (κ3) is 4.02. The summed E-state index contributed by atoms with van der Waals surface area (Å²) in [5.74, 6) is 0.627. The Kier molecular flexibility index (Phi) is 5.71. The van der Waals surface area contributed by atoms with E-state index < -0.39 is 0 Å². The maximum atomic E-state index is 6.52. The minimum Gasteiger partial charge on any atom is -0.456 e. The predicted molar refractivity (Wildman–Crippen MR) is 218 cm³/mol. The highest BCUT2D eigenvalue weighted by Crippen LogP contribution is 2.41. The predicted octanol–water partition coefficient (Wildman–Crippen LogP) is 12.5. The molecule has 246 valence electrons. The lowest BCUT2D eigenvalue weighted by Gasteiger charge is -2.12. The molecule has 53 heavy (non-hydrogen) atoms. The number of hydrogen-bond acceptors (Lipinski definition) is 3. The second-order valence-corrected chi connectivity index (χ2v) is 13.8. The van der Waals surface area contributed by atoms with E-state index in [1.165, 1.54) is 32.4 Å². The molecule has 0 saturated carbocycles. The molecule has 12 aromatic rings. The fourth-order valence-electron chi connectivity index (χ4n) is 8.58. The van der Waals surface area contributed by atoms with Gasteiger partial charge in [0.25, 0.3) is 0 Å². The second kappa shape index (κ2) is 10.6. The maximum absolute atomic E-state index is 6.52. The van der Waals surface area contributed by atoms with E-state index in [4.69, 9.17) is 14.4 Å². The first-order valence-corrected chi connectivity index (χ1v) is 17.9. The van der Waals surface area contributed by atoms with Gasteiger partial charge in [0.05, 0.1) is 33.3 Å². The van der Waals surface area contributed by atoms with Crippen LogP contribution in [0.15, 0.2) is 174 Å². The summed E-state index contributed by atoms with van der Waals surface area (Å²) >= 11 is 0. The molecular formula is C48H28N4O. The molecule has 0 aliphatic rings. The summed E-state index contributed by atoms with van der Waals surface area (Å²) in [6.07, 6.45) is 0. The molecule has 8 aromatic carbocycles. The van der Waals surface area contributed by atoms with Crippen molar-refractivity contribution in [2.45, 2.75) is 0 Å². The summed E-state index contributed by atoms with van der Waals surface area (Å²) in [6, 6.07) is 60.0. The van der Waals surface area contributed by atoms with Crippen LogP contribution in [-0.4, -0.2) is 19.1 Å². The lowest BCUT2D eigenvalue weighted by molar-refractivity contribution is 0.669. The monoisotopic (exact) mass is 676 g/mol. The van der Waals surface area contributed by atoms with E-state index >= 15 is 0 Å². The van der Waals surface area contributed by atoms with E-state index in [1.807, 2.05) is 6.07 Å². The van der Waals surface area contributed by atoms with Gasteiger partial charge in [-0.25, -0.2) is 9.97 Å². The van der Waals surface area contributed by atoms with Gasteiger partial charge < -0.3 is 8.98 Å². The van der Waals surface area contributed by atoms with Crippen LogP contribution in [0.1, 0.15) is 0 Å². The minimum atomic E-state index is 0.627. The number of fused-ring (bicyclic) bond motifs is 12. The SMILES string of the molecule is c1ccc(-n2c3ccccc3c3cc4c5ccccc5n(-c5nc(-c6ccc7c(c6)oc6ccc8ccccc8c67)c6ccccc6n5)c4cc32)cc1. The van der Waals surface area contributed by atoms with Crippen LogP contribution in [-0.2, 0) is 0 Å². The first-order valence-electron chi connectivity index (χ1n) is 17.9. The molecule has 0 spiro atoms. The summed E-state index contributed by atoms with van der Waals surface area (Å²) in [5, 5.41) is 10.4. The zero-order chi connectivity index (χ0) is 34.6. The number of benzene rings is 8. The highest BCUT2D eigenvalue weighted by atomic mass is 16.3. The fraction of sp³-hybridized carbons (Fsp3) is 0. The number of furan rings is 1. The zero-order valence-electron chi connectivity index (χ0n) is 28.4. The van der Waals surface area contributed by atoms with E-state index in [1.54, 1.807) is 0 Å². The van der Waals surface area contributed by atoms with Gasteiger partial charge in [-0.1, -0.05) is 109 Å². The molecule has 0 unspecified atom stereocenters. The normalized spacial score (nSPS) is 12.2. The topological polar surface area (TPSA) is 48.8 Å². The Morgan fingerprint density at radius 2 is 1.06 bits per heavy atom. The van der Waals surface area contributed by atoms with Crippen molar-refractivity contribution in [2.24, 2.45) is 0 Å². The molecule has 0 bridgehead atoms. The summed E-state index contributed by atoms with van der Waals surface area (Å²) in [7, 11) is 0. The molecule has 4 heterocycles. The largest absolute Gasteiger partial charge is 0.456 e. The van der Waals surface area contributed by atoms with Crippen molar-refractivity contribution < 1.29 is 4.42 Å². The van der Waals surface area contributed by atoms with Gasteiger partial charge >= 0.3 is 0 Å². The van der Waals surface area contributed by atoms with Gasteiger partial charge in [-0.3, -0.25) is 4.57 Å². The van der Waals surface area contributed by atoms with Crippen LogP contribution in [0, 0.1) is 0 Å². The average molecular weight is 677 g/mol.